The molecule has 1 saturated carbocycles. The third-order valence-corrected chi connectivity index (χ3v) is 5.08. The summed E-state index contributed by atoms with van der Waals surface area (Å²) in [5.41, 5.74) is 0.741. The average Bonchev–Trinajstić information content (AvgIpc) is 2.45. The van der Waals surface area contributed by atoms with Crippen LogP contribution in [0.4, 0.5) is 0 Å². The highest BCUT2D eigenvalue weighted by atomic mass is 16.3. The van der Waals surface area contributed by atoms with Crippen molar-refractivity contribution in [2.24, 2.45) is 5.92 Å². The Hall–Kier alpha value is -0.970. The van der Waals surface area contributed by atoms with Gasteiger partial charge >= 0.3 is 0 Å². The Morgan fingerprint density at radius 3 is 2.90 bits per heavy atom. The van der Waals surface area contributed by atoms with E-state index in [0.29, 0.717) is 12.0 Å². The molecule has 0 bridgehead atoms. The van der Waals surface area contributed by atoms with Crippen LogP contribution in [0, 0.1) is 5.92 Å². The summed E-state index contributed by atoms with van der Waals surface area (Å²) >= 11 is 0. The summed E-state index contributed by atoms with van der Waals surface area (Å²) in [7, 11) is 0. The molecule has 1 aliphatic carbocycles. The number of rotatable bonds is 5. The quantitative estimate of drug-likeness (QED) is 0.868. The van der Waals surface area contributed by atoms with Crippen molar-refractivity contribution in [2.75, 3.05) is 19.6 Å². The molecule has 1 aromatic rings. The summed E-state index contributed by atoms with van der Waals surface area (Å²) in [4.78, 5) is 6.90. The number of nitrogens with one attached hydrogen (secondary N) is 1. The van der Waals surface area contributed by atoms with Crippen LogP contribution in [0.1, 0.15) is 38.3 Å². The molecule has 4 nitrogen and oxygen atoms in total. The molecule has 3 rings (SSSR count). The van der Waals surface area contributed by atoms with E-state index < -0.39 is 5.60 Å². The highest BCUT2D eigenvalue weighted by molar-refractivity contribution is 5.03. The maximum absolute atomic E-state index is 10.2. The molecule has 21 heavy (non-hydrogen) atoms. The maximum Gasteiger partial charge on any atom is 0.0771 e. The van der Waals surface area contributed by atoms with Crippen LogP contribution in [-0.4, -0.2) is 46.3 Å². The Morgan fingerprint density at radius 2 is 2.29 bits per heavy atom. The number of likely N-dealkylation sites (tertiary alicyclic amines) is 1. The Balaban J connectivity index is 1.45. The molecule has 1 saturated heterocycles. The van der Waals surface area contributed by atoms with E-state index in [1.165, 1.54) is 6.42 Å². The molecule has 2 heterocycles. The highest BCUT2D eigenvalue weighted by Crippen LogP contribution is 2.31. The van der Waals surface area contributed by atoms with Gasteiger partial charge in [-0.1, -0.05) is 13.0 Å². The maximum atomic E-state index is 10.2. The summed E-state index contributed by atoms with van der Waals surface area (Å²) in [6, 6.07) is 6.66. The zero-order chi connectivity index (χ0) is 14.7. The van der Waals surface area contributed by atoms with Gasteiger partial charge in [0.1, 0.15) is 0 Å². The van der Waals surface area contributed by atoms with E-state index in [2.05, 4.69) is 34.3 Å². The average molecular weight is 289 g/mol. The van der Waals surface area contributed by atoms with Crippen molar-refractivity contribution in [3.05, 3.63) is 30.1 Å². The van der Waals surface area contributed by atoms with E-state index in [1.807, 2.05) is 12.3 Å². The van der Waals surface area contributed by atoms with Gasteiger partial charge in [-0.05, 0) is 43.7 Å². The first kappa shape index (κ1) is 14.9. The zero-order valence-electron chi connectivity index (χ0n) is 13.0. The summed E-state index contributed by atoms with van der Waals surface area (Å²) < 4.78 is 0. The Bertz CT molecular complexity index is 447. The van der Waals surface area contributed by atoms with Gasteiger partial charge in [0.2, 0.25) is 0 Å². The Kier molecular flexibility index (Phi) is 4.57. The van der Waals surface area contributed by atoms with Crippen LogP contribution in [0.25, 0.3) is 0 Å². The summed E-state index contributed by atoms with van der Waals surface area (Å²) in [6.07, 6.45) is 6.13. The van der Waals surface area contributed by atoms with Gasteiger partial charge in [0.15, 0.2) is 0 Å². The van der Waals surface area contributed by atoms with Crippen LogP contribution in [0.3, 0.4) is 0 Å². The van der Waals surface area contributed by atoms with Crippen molar-refractivity contribution in [3.8, 4) is 0 Å². The number of nitrogens with zero attached hydrogens (tertiary/aromatic N) is 2. The molecule has 1 aromatic heterocycles. The van der Waals surface area contributed by atoms with Crippen molar-refractivity contribution in [3.63, 3.8) is 0 Å². The minimum Gasteiger partial charge on any atom is -0.389 e. The van der Waals surface area contributed by atoms with E-state index in [0.717, 1.165) is 51.1 Å². The molecule has 2 atom stereocenters. The predicted molar refractivity (Wildman–Crippen MR) is 83.9 cm³/mol. The monoisotopic (exact) mass is 289 g/mol. The number of aromatic nitrogens is 1. The van der Waals surface area contributed by atoms with Gasteiger partial charge in [-0.3, -0.25) is 9.88 Å². The van der Waals surface area contributed by atoms with E-state index >= 15 is 0 Å². The summed E-state index contributed by atoms with van der Waals surface area (Å²) in [5.74, 6) is 0.617. The number of pyridine rings is 1. The van der Waals surface area contributed by atoms with Crippen LogP contribution < -0.4 is 5.32 Å². The molecule has 1 aliphatic heterocycles. The van der Waals surface area contributed by atoms with Crippen molar-refractivity contribution in [2.45, 2.75) is 50.8 Å². The standard InChI is InChI=1S/C17H27N3O/c1-14-11-20(12-15-5-2-3-9-18-15)10-6-16(14)19-13-17(21)7-4-8-17/h2-3,5,9,14,16,19,21H,4,6-8,10-13H2,1H3. The van der Waals surface area contributed by atoms with E-state index in [9.17, 15) is 5.11 Å². The van der Waals surface area contributed by atoms with Crippen molar-refractivity contribution in [1.82, 2.24) is 15.2 Å². The smallest absolute Gasteiger partial charge is 0.0771 e. The molecular weight excluding hydrogens is 262 g/mol. The molecular formula is C17H27N3O. The first-order chi connectivity index (χ1) is 10.1. The van der Waals surface area contributed by atoms with E-state index in [4.69, 9.17) is 0 Å². The summed E-state index contributed by atoms with van der Waals surface area (Å²) in [5, 5.41) is 13.8. The molecule has 2 fully saturated rings. The van der Waals surface area contributed by atoms with E-state index in [-0.39, 0.29) is 0 Å². The van der Waals surface area contributed by atoms with Crippen molar-refractivity contribution >= 4 is 0 Å². The number of piperidine rings is 1. The molecule has 116 valence electrons. The third kappa shape index (κ3) is 3.82. The van der Waals surface area contributed by atoms with Gasteiger partial charge in [0.25, 0.3) is 0 Å². The lowest BCUT2D eigenvalue weighted by molar-refractivity contribution is -0.0363. The molecule has 0 spiro atoms. The third-order valence-electron chi connectivity index (χ3n) is 5.08. The van der Waals surface area contributed by atoms with Crippen LogP contribution in [0.15, 0.2) is 24.4 Å². The van der Waals surface area contributed by atoms with Crippen LogP contribution in [-0.2, 0) is 6.54 Å². The number of aliphatic hydroxyl groups is 1. The minimum atomic E-state index is -0.412. The number of hydrogen-bond acceptors (Lipinski definition) is 4. The number of hydrogen-bond donors (Lipinski definition) is 2. The van der Waals surface area contributed by atoms with E-state index in [1.54, 1.807) is 0 Å². The second-order valence-electron chi connectivity index (χ2n) is 6.89. The van der Waals surface area contributed by atoms with Gasteiger partial charge in [-0.15, -0.1) is 0 Å². The van der Waals surface area contributed by atoms with Crippen LogP contribution >= 0.6 is 0 Å². The fourth-order valence-electron chi connectivity index (χ4n) is 3.48. The minimum absolute atomic E-state index is 0.412. The predicted octanol–water partition coefficient (Wildman–Crippen LogP) is 1.80. The van der Waals surface area contributed by atoms with Crippen LogP contribution in [0.2, 0.25) is 0 Å². The van der Waals surface area contributed by atoms with Crippen LogP contribution in [0.5, 0.6) is 0 Å². The molecule has 4 heteroatoms. The first-order valence-corrected chi connectivity index (χ1v) is 8.23. The van der Waals surface area contributed by atoms with Gasteiger partial charge < -0.3 is 10.4 Å². The lowest BCUT2D eigenvalue weighted by atomic mass is 9.80. The molecule has 2 aliphatic rings. The lowest BCUT2D eigenvalue weighted by Crippen LogP contribution is -2.54. The first-order valence-electron chi connectivity index (χ1n) is 8.23. The summed E-state index contributed by atoms with van der Waals surface area (Å²) in [6.45, 7) is 6.24. The topological polar surface area (TPSA) is 48.4 Å². The van der Waals surface area contributed by atoms with Gasteiger partial charge in [-0.2, -0.15) is 0 Å². The van der Waals surface area contributed by atoms with Gasteiger partial charge in [-0.25, -0.2) is 0 Å². The van der Waals surface area contributed by atoms with Gasteiger partial charge in [0.05, 0.1) is 11.3 Å². The largest absolute Gasteiger partial charge is 0.389 e. The van der Waals surface area contributed by atoms with Crippen molar-refractivity contribution < 1.29 is 5.11 Å². The highest BCUT2D eigenvalue weighted by Gasteiger charge is 2.35. The fourth-order valence-corrected chi connectivity index (χ4v) is 3.48. The second kappa shape index (κ2) is 6.42. The normalized spacial score (nSPS) is 29.0. The van der Waals surface area contributed by atoms with Crippen molar-refractivity contribution in [1.29, 1.82) is 0 Å². The molecule has 2 N–H and O–H groups in total. The zero-order valence-corrected chi connectivity index (χ0v) is 13.0. The SMILES string of the molecule is CC1CN(Cc2ccccn2)CCC1NCC1(O)CCC1. The molecule has 0 aromatic carbocycles. The molecule has 0 amide bonds. The lowest BCUT2D eigenvalue weighted by Gasteiger charge is -2.41. The second-order valence-corrected chi connectivity index (χ2v) is 6.89. The molecule has 0 radical (unpaired) electrons. The Morgan fingerprint density at radius 1 is 1.43 bits per heavy atom. The van der Waals surface area contributed by atoms with Gasteiger partial charge in [0, 0.05) is 38.4 Å². The Labute approximate surface area is 127 Å². The molecule has 2 unspecified atom stereocenters. The fraction of sp³-hybridized carbons (Fsp3) is 0.706.